The van der Waals surface area contributed by atoms with Crippen molar-refractivity contribution in [3.8, 4) is 11.5 Å². The Balaban J connectivity index is 0.00000208. The summed E-state index contributed by atoms with van der Waals surface area (Å²) in [6, 6.07) is 5.52. The number of amides is 1. The fraction of sp³-hybridized carbons (Fsp3) is 0.611. The summed E-state index contributed by atoms with van der Waals surface area (Å²) in [5.74, 6) is 1.63. The van der Waals surface area contributed by atoms with Crippen LogP contribution in [0.5, 0.6) is 11.5 Å². The van der Waals surface area contributed by atoms with Crippen LogP contribution in [0.2, 0.25) is 0 Å². The Kier molecular flexibility index (Phi) is 5.99. The third-order valence-electron chi connectivity index (χ3n) is 4.91. The number of benzene rings is 1. The van der Waals surface area contributed by atoms with E-state index in [1.165, 1.54) is 0 Å². The highest BCUT2D eigenvalue weighted by atomic mass is 35.5. The molecule has 134 valence electrons. The summed E-state index contributed by atoms with van der Waals surface area (Å²) >= 11 is 0. The maximum absolute atomic E-state index is 12.7. The zero-order chi connectivity index (χ0) is 16.4. The highest BCUT2D eigenvalue weighted by Gasteiger charge is 2.57. The van der Waals surface area contributed by atoms with Crippen LogP contribution in [-0.2, 0) is 4.79 Å². The monoisotopic (exact) mass is 354 g/mol. The van der Waals surface area contributed by atoms with Gasteiger partial charge < -0.3 is 20.1 Å². The quantitative estimate of drug-likeness (QED) is 0.852. The molecule has 2 aliphatic rings. The molecule has 1 amide bonds. The standard InChI is InChI=1S/C18H26N2O3.ClH/c1-12(2)23-16-5-4-13(22-3)10-15(16)20-17(21)14-11-18(14)6-8-19-9-7-18;/h4-5,10,12,14,19H,6-9,11H2,1-3H3,(H,20,21);1H. The van der Waals surface area contributed by atoms with Crippen molar-refractivity contribution in [2.75, 3.05) is 25.5 Å². The van der Waals surface area contributed by atoms with Crippen molar-refractivity contribution in [2.24, 2.45) is 11.3 Å². The number of carbonyl (C=O) groups is 1. The van der Waals surface area contributed by atoms with Crippen molar-refractivity contribution in [3.05, 3.63) is 18.2 Å². The molecule has 1 aliphatic carbocycles. The van der Waals surface area contributed by atoms with Crippen molar-refractivity contribution in [1.82, 2.24) is 5.32 Å². The molecule has 1 unspecified atom stereocenters. The number of hydrogen-bond acceptors (Lipinski definition) is 4. The maximum Gasteiger partial charge on any atom is 0.228 e. The van der Waals surface area contributed by atoms with E-state index in [0.717, 1.165) is 32.4 Å². The lowest BCUT2D eigenvalue weighted by Gasteiger charge is -2.23. The van der Waals surface area contributed by atoms with E-state index in [1.54, 1.807) is 7.11 Å². The van der Waals surface area contributed by atoms with Crippen LogP contribution in [0.25, 0.3) is 0 Å². The van der Waals surface area contributed by atoms with Crippen LogP contribution in [0, 0.1) is 11.3 Å². The summed E-state index contributed by atoms with van der Waals surface area (Å²) in [5, 5.41) is 6.43. The van der Waals surface area contributed by atoms with Gasteiger partial charge in [0.1, 0.15) is 11.5 Å². The number of ether oxygens (including phenoxy) is 2. The number of rotatable bonds is 5. The lowest BCUT2D eigenvalue weighted by atomic mass is 9.92. The molecular formula is C18H27ClN2O3. The second kappa shape index (κ2) is 7.62. The van der Waals surface area contributed by atoms with Crippen molar-refractivity contribution < 1.29 is 14.3 Å². The number of hydrogen-bond donors (Lipinski definition) is 2. The molecule has 1 aromatic carbocycles. The molecule has 5 nitrogen and oxygen atoms in total. The summed E-state index contributed by atoms with van der Waals surface area (Å²) in [6.07, 6.45) is 3.25. The van der Waals surface area contributed by atoms with Gasteiger partial charge in [0, 0.05) is 12.0 Å². The first kappa shape index (κ1) is 18.9. The van der Waals surface area contributed by atoms with Crippen molar-refractivity contribution in [1.29, 1.82) is 0 Å². The van der Waals surface area contributed by atoms with Gasteiger partial charge >= 0.3 is 0 Å². The highest BCUT2D eigenvalue weighted by molar-refractivity contribution is 5.96. The summed E-state index contributed by atoms with van der Waals surface area (Å²) < 4.78 is 11.1. The molecule has 1 aromatic rings. The SMILES string of the molecule is COc1ccc(OC(C)C)c(NC(=O)C2CC23CCNCC3)c1.Cl. The molecule has 3 rings (SSSR count). The van der Waals surface area contributed by atoms with E-state index in [4.69, 9.17) is 9.47 Å². The Hall–Kier alpha value is -1.46. The van der Waals surface area contributed by atoms with Gasteiger partial charge in [-0.05, 0) is 63.7 Å². The van der Waals surface area contributed by atoms with Crippen LogP contribution >= 0.6 is 12.4 Å². The number of nitrogens with one attached hydrogen (secondary N) is 2. The molecule has 6 heteroatoms. The lowest BCUT2D eigenvalue weighted by molar-refractivity contribution is -0.118. The predicted octanol–water partition coefficient (Wildman–Crippen LogP) is 3.23. The summed E-state index contributed by atoms with van der Waals surface area (Å²) in [5.41, 5.74) is 0.923. The smallest absolute Gasteiger partial charge is 0.228 e. The van der Waals surface area contributed by atoms with Crippen molar-refractivity contribution >= 4 is 24.0 Å². The number of carbonyl (C=O) groups excluding carboxylic acids is 1. The summed E-state index contributed by atoms with van der Waals surface area (Å²) in [4.78, 5) is 12.7. The first-order valence-corrected chi connectivity index (χ1v) is 8.40. The molecule has 24 heavy (non-hydrogen) atoms. The number of methoxy groups -OCH3 is 1. The maximum atomic E-state index is 12.7. The molecule has 1 heterocycles. The van der Waals surface area contributed by atoms with E-state index in [0.29, 0.717) is 17.2 Å². The van der Waals surface area contributed by atoms with Gasteiger partial charge in [-0.15, -0.1) is 12.4 Å². The third-order valence-corrected chi connectivity index (χ3v) is 4.91. The van der Waals surface area contributed by atoms with Gasteiger partial charge in [0.2, 0.25) is 5.91 Å². The van der Waals surface area contributed by atoms with Gasteiger partial charge in [0.15, 0.2) is 0 Å². The zero-order valence-corrected chi connectivity index (χ0v) is 15.4. The fourth-order valence-electron chi connectivity index (χ4n) is 3.51. The molecule has 2 N–H and O–H groups in total. The Morgan fingerprint density at radius 2 is 2.04 bits per heavy atom. The Bertz CT molecular complexity index is 586. The molecule has 2 fully saturated rings. The minimum Gasteiger partial charge on any atom is -0.497 e. The molecule has 0 aromatic heterocycles. The highest BCUT2D eigenvalue weighted by Crippen LogP contribution is 2.58. The Morgan fingerprint density at radius 3 is 2.67 bits per heavy atom. The second-order valence-electron chi connectivity index (χ2n) is 6.89. The van der Waals surface area contributed by atoms with E-state index < -0.39 is 0 Å². The molecule has 1 saturated carbocycles. The predicted molar refractivity (Wildman–Crippen MR) is 97.3 cm³/mol. The molecular weight excluding hydrogens is 328 g/mol. The Labute approximate surface area is 149 Å². The van der Waals surface area contributed by atoms with Crippen LogP contribution in [0.1, 0.15) is 33.1 Å². The topological polar surface area (TPSA) is 59.6 Å². The van der Waals surface area contributed by atoms with Crippen LogP contribution in [0.4, 0.5) is 5.69 Å². The molecule has 1 spiro atoms. The molecule has 0 bridgehead atoms. The van der Waals surface area contributed by atoms with Crippen molar-refractivity contribution in [2.45, 2.75) is 39.2 Å². The molecule has 0 radical (unpaired) electrons. The van der Waals surface area contributed by atoms with Gasteiger partial charge in [-0.1, -0.05) is 0 Å². The van der Waals surface area contributed by atoms with Crippen molar-refractivity contribution in [3.63, 3.8) is 0 Å². The minimum absolute atomic E-state index is 0. The van der Waals surface area contributed by atoms with Gasteiger partial charge in [-0.3, -0.25) is 4.79 Å². The van der Waals surface area contributed by atoms with E-state index in [2.05, 4.69) is 10.6 Å². The fourth-order valence-corrected chi connectivity index (χ4v) is 3.51. The van der Waals surface area contributed by atoms with Crippen LogP contribution in [0.15, 0.2) is 18.2 Å². The zero-order valence-electron chi connectivity index (χ0n) is 14.6. The number of piperidine rings is 1. The average Bonchev–Trinajstić information content (AvgIpc) is 3.22. The minimum atomic E-state index is 0. The van der Waals surface area contributed by atoms with Crippen LogP contribution < -0.4 is 20.1 Å². The van der Waals surface area contributed by atoms with E-state index in [9.17, 15) is 4.79 Å². The second-order valence-corrected chi connectivity index (χ2v) is 6.89. The first-order valence-electron chi connectivity index (χ1n) is 8.40. The first-order chi connectivity index (χ1) is 11.0. The number of halogens is 1. The Morgan fingerprint density at radius 1 is 1.33 bits per heavy atom. The van der Waals surface area contributed by atoms with E-state index >= 15 is 0 Å². The number of anilines is 1. The molecule has 1 saturated heterocycles. The van der Waals surface area contributed by atoms with Gasteiger partial charge in [-0.25, -0.2) is 0 Å². The largest absolute Gasteiger partial charge is 0.497 e. The lowest BCUT2D eigenvalue weighted by Crippen LogP contribution is -2.31. The van der Waals surface area contributed by atoms with Crippen LogP contribution in [0.3, 0.4) is 0 Å². The van der Waals surface area contributed by atoms with Gasteiger partial charge in [0.25, 0.3) is 0 Å². The summed E-state index contributed by atoms with van der Waals surface area (Å²) in [6.45, 7) is 5.98. The van der Waals surface area contributed by atoms with E-state index in [1.807, 2.05) is 32.0 Å². The van der Waals surface area contributed by atoms with Crippen LogP contribution in [-0.4, -0.2) is 32.2 Å². The third kappa shape index (κ3) is 3.95. The van der Waals surface area contributed by atoms with E-state index in [-0.39, 0.29) is 35.8 Å². The molecule has 1 aliphatic heterocycles. The normalized spacial score (nSPS) is 21.1. The van der Waals surface area contributed by atoms with Gasteiger partial charge in [0.05, 0.1) is 18.9 Å². The summed E-state index contributed by atoms with van der Waals surface area (Å²) in [7, 11) is 1.62. The van der Waals surface area contributed by atoms with Gasteiger partial charge in [-0.2, -0.15) is 0 Å². The molecule has 1 atom stereocenters. The average molecular weight is 355 g/mol.